The summed E-state index contributed by atoms with van der Waals surface area (Å²) in [6.07, 6.45) is -1.47. The van der Waals surface area contributed by atoms with Gasteiger partial charge < -0.3 is 47.0 Å². The highest BCUT2D eigenvalue weighted by atomic mass is 31.2. The van der Waals surface area contributed by atoms with E-state index in [4.69, 9.17) is 10.8 Å². The van der Waals surface area contributed by atoms with E-state index in [-0.39, 0.29) is 48.7 Å². The summed E-state index contributed by atoms with van der Waals surface area (Å²) >= 11 is 0. The van der Waals surface area contributed by atoms with Crippen LogP contribution in [-0.4, -0.2) is 102 Å². The zero-order chi connectivity index (χ0) is 38.6. The molecule has 2 aromatic rings. The molecule has 5 atom stereocenters. The van der Waals surface area contributed by atoms with Crippen LogP contribution in [0.1, 0.15) is 66.4 Å². The first-order valence-electron chi connectivity index (χ1n) is 16.5. The summed E-state index contributed by atoms with van der Waals surface area (Å²) in [5.41, 5.74) is 6.93. The molecule has 0 fully saturated rings. The smallest absolute Gasteiger partial charge is 0.326 e. The molecule has 2 unspecified atom stereocenters. The second-order valence-corrected chi connectivity index (χ2v) is 15.2. The number of aromatic amines is 1. The molecule has 2 heterocycles. The van der Waals surface area contributed by atoms with E-state index in [9.17, 15) is 58.3 Å². The number of carboxylic acids is 4. The third-order valence-corrected chi connectivity index (χ3v) is 10.6. The second-order valence-electron chi connectivity index (χ2n) is 12.7. The Labute approximate surface area is 296 Å². The number of carbonyl (C=O) groups is 6. The first-order valence-corrected chi connectivity index (χ1v) is 18.5. The number of aromatic nitrogens is 2. The molecule has 0 saturated carbocycles. The number of nitrogens with two attached hydrogens (primary N) is 1. The largest absolute Gasteiger partial charge is 0.481 e. The summed E-state index contributed by atoms with van der Waals surface area (Å²) in [6, 6.07) is 3.52. The number of carboxylic acid groups (broad SMARTS) is 4. The van der Waals surface area contributed by atoms with Crippen LogP contribution in [-0.2, 0) is 41.4 Å². The first-order chi connectivity index (χ1) is 24.4. The summed E-state index contributed by atoms with van der Waals surface area (Å²) in [7, 11) is -4.09. The van der Waals surface area contributed by atoms with Gasteiger partial charge in [0, 0.05) is 37.3 Å². The molecule has 20 heteroatoms. The van der Waals surface area contributed by atoms with Crippen molar-refractivity contribution >= 4 is 54.8 Å². The number of amides is 2. The second kappa shape index (κ2) is 18.8. The van der Waals surface area contributed by atoms with Crippen molar-refractivity contribution in [3.05, 3.63) is 51.3 Å². The summed E-state index contributed by atoms with van der Waals surface area (Å²) < 4.78 is 12.5. The molecule has 0 aliphatic carbocycles. The molecule has 1 aromatic heterocycles. The average molecular weight is 751 g/mol. The molecule has 1 aliphatic rings. The topological polar surface area (TPSA) is 328 Å². The van der Waals surface area contributed by atoms with Crippen LogP contribution in [0.2, 0.25) is 0 Å². The molecule has 3 rings (SSSR count). The van der Waals surface area contributed by atoms with Crippen LogP contribution in [0.4, 0.5) is 11.8 Å². The van der Waals surface area contributed by atoms with Crippen LogP contribution in [0.3, 0.4) is 0 Å². The van der Waals surface area contributed by atoms with Crippen molar-refractivity contribution < 1.29 is 58.7 Å². The van der Waals surface area contributed by atoms with Crippen LogP contribution in [0.15, 0.2) is 29.1 Å². The minimum Gasteiger partial charge on any atom is -0.481 e. The lowest BCUT2D eigenvalue weighted by Crippen LogP contribution is -2.44. The lowest BCUT2D eigenvalue weighted by Gasteiger charge is -2.24. The van der Waals surface area contributed by atoms with Gasteiger partial charge in [0.2, 0.25) is 19.2 Å². The molecule has 2 amide bonds. The minimum absolute atomic E-state index is 0.0394. The third-order valence-electron chi connectivity index (χ3n) is 8.60. The zero-order valence-corrected chi connectivity index (χ0v) is 29.0. The van der Waals surface area contributed by atoms with Gasteiger partial charge >= 0.3 is 23.9 Å². The Kier molecular flexibility index (Phi) is 14.9. The molecular formula is C32H43N6O13P. The minimum atomic E-state index is -4.09. The van der Waals surface area contributed by atoms with Gasteiger partial charge in [0.25, 0.3) is 11.5 Å². The Morgan fingerprint density at radius 1 is 0.923 bits per heavy atom. The fraction of sp³-hybridized carbons (Fsp3) is 0.500. The monoisotopic (exact) mass is 750 g/mol. The van der Waals surface area contributed by atoms with Crippen LogP contribution >= 0.6 is 7.37 Å². The number of nitrogen functional groups attached to an aromatic ring is 1. The quantitative estimate of drug-likeness (QED) is 0.0786. The Bertz CT molecular complexity index is 1750. The van der Waals surface area contributed by atoms with E-state index in [0.717, 1.165) is 12.0 Å². The fourth-order valence-corrected chi connectivity index (χ4v) is 7.60. The van der Waals surface area contributed by atoms with Crippen LogP contribution in [0.25, 0.3) is 0 Å². The number of H-pyrrole nitrogens is 1. The number of aliphatic carboxylic acids is 4. The predicted molar refractivity (Wildman–Crippen MR) is 184 cm³/mol. The van der Waals surface area contributed by atoms with Gasteiger partial charge in [-0.2, -0.15) is 4.98 Å². The van der Waals surface area contributed by atoms with Crippen molar-refractivity contribution in [1.29, 1.82) is 0 Å². The summed E-state index contributed by atoms with van der Waals surface area (Å²) in [6.45, 7) is 0.608. The molecule has 19 nitrogen and oxygen atoms in total. The Morgan fingerprint density at radius 2 is 1.58 bits per heavy atom. The first kappa shape index (κ1) is 41.1. The number of fused-ring (bicyclic) bond motifs is 1. The lowest BCUT2D eigenvalue weighted by molar-refractivity contribution is -0.142. The summed E-state index contributed by atoms with van der Waals surface area (Å²) in [5.74, 6) is -7.84. The maximum atomic E-state index is 12.8. The number of carbonyl (C=O) groups excluding carboxylic acids is 2. The molecular weight excluding hydrogens is 707 g/mol. The molecule has 0 saturated heterocycles. The number of nitrogens with one attached hydrogen (secondary N) is 4. The van der Waals surface area contributed by atoms with Crippen LogP contribution in [0.5, 0.6) is 0 Å². The number of benzene rings is 1. The fourth-order valence-electron chi connectivity index (χ4n) is 5.72. The Morgan fingerprint density at radius 3 is 2.19 bits per heavy atom. The van der Waals surface area contributed by atoms with E-state index in [0.29, 0.717) is 30.8 Å². The average Bonchev–Trinajstić information content (AvgIpc) is 3.06. The van der Waals surface area contributed by atoms with Gasteiger partial charge in [-0.1, -0.05) is 12.1 Å². The maximum Gasteiger partial charge on any atom is 0.326 e. The van der Waals surface area contributed by atoms with E-state index < -0.39 is 86.2 Å². The normalized spacial score (nSPS) is 16.5. The molecule has 1 aromatic carbocycles. The molecule has 284 valence electrons. The van der Waals surface area contributed by atoms with E-state index in [2.05, 4.69) is 25.9 Å². The summed E-state index contributed by atoms with van der Waals surface area (Å²) in [5, 5.41) is 44.9. The van der Waals surface area contributed by atoms with E-state index >= 15 is 0 Å². The molecule has 0 spiro atoms. The van der Waals surface area contributed by atoms with Gasteiger partial charge in [0.1, 0.15) is 17.9 Å². The van der Waals surface area contributed by atoms with E-state index in [1.54, 1.807) is 12.1 Å². The van der Waals surface area contributed by atoms with Crippen molar-refractivity contribution in [1.82, 2.24) is 20.6 Å². The number of aryl methyl sites for hydroxylation is 1. The van der Waals surface area contributed by atoms with E-state index in [1.165, 1.54) is 12.1 Å². The number of hydrogen-bond acceptors (Lipinski definition) is 11. The van der Waals surface area contributed by atoms with Crippen molar-refractivity contribution in [3.63, 3.8) is 0 Å². The highest BCUT2D eigenvalue weighted by Crippen LogP contribution is 2.44. The van der Waals surface area contributed by atoms with Crippen LogP contribution in [0, 0.1) is 11.8 Å². The summed E-state index contributed by atoms with van der Waals surface area (Å²) in [4.78, 5) is 100. The molecule has 1 aliphatic heterocycles. The SMILES string of the molecule is Nc1nc2c(c(=O)[nH]1)C[C@@H](CCc1ccc(C(=O)N[C@@H](CCC(=O)N[C@@H](CCCP(=O)(O)CC(CCC(=O)O)C(=O)O)C(=O)O)C(=O)O)cc1)CN2. The highest BCUT2D eigenvalue weighted by Gasteiger charge is 2.30. The molecule has 11 N–H and O–H groups in total. The van der Waals surface area contributed by atoms with Gasteiger partial charge in [-0.15, -0.1) is 0 Å². The Hall–Kier alpha value is -5.29. The Balaban J connectivity index is 1.45. The van der Waals surface area contributed by atoms with Gasteiger partial charge in [0.15, 0.2) is 0 Å². The highest BCUT2D eigenvalue weighted by molar-refractivity contribution is 7.58. The van der Waals surface area contributed by atoms with Crippen molar-refractivity contribution in [2.45, 2.75) is 69.9 Å². The lowest BCUT2D eigenvalue weighted by atomic mass is 9.91. The van der Waals surface area contributed by atoms with Crippen LogP contribution < -0.4 is 27.2 Å². The van der Waals surface area contributed by atoms with Crippen molar-refractivity contribution in [2.75, 3.05) is 29.9 Å². The number of anilines is 2. The number of nitrogens with zero attached hydrogens (tertiary/aromatic N) is 1. The number of hydrogen-bond donors (Lipinski definition) is 10. The van der Waals surface area contributed by atoms with Gasteiger partial charge in [-0.05, 0) is 68.6 Å². The maximum absolute atomic E-state index is 12.8. The predicted octanol–water partition coefficient (Wildman–Crippen LogP) is 0.718. The van der Waals surface area contributed by atoms with E-state index in [1.807, 2.05) is 0 Å². The standard InChI is InChI=1S/C32H43N6O13P/c33-32-37-26-21(28(43)38-32)14-18(15-34-26)4-3-17-5-7-19(8-6-17)27(42)36-23(31(48)49)10-11-24(39)35-22(30(46)47)2-1-13-52(50,51)16-20(29(44)45)9-12-25(40)41/h5-8,18,20,22-23H,1-4,9-16H2,(H,35,39)(H,36,42)(H,40,41)(H,44,45)(H,46,47)(H,48,49)(H,50,51)(H4,33,34,37,38,43)/t18-,20?,22+,23+/m1/s1. The third kappa shape index (κ3) is 13.1. The zero-order valence-electron chi connectivity index (χ0n) is 28.1. The van der Waals surface area contributed by atoms with Crippen molar-refractivity contribution in [3.8, 4) is 0 Å². The van der Waals surface area contributed by atoms with Gasteiger partial charge in [0.05, 0.1) is 11.5 Å². The molecule has 0 bridgehead atoms. The molecule has 0 radical (unpaired) electrons. The number of rotatable bonds is 21. The van der Waals surface area contributed by atoms with Gasteiger partial charge in [-0.25, -0.2) is 9.59 Å². The van der Waals surface area contributed by atoms with Crippen molar-refractivity contribution in [2.24, 2.45) is 11.8 Å². The van der Waals surface area contributed by atoms with Gasteiger partial charge in [-0.3, -0.25) is 33.5 Å². The molecule has 52 heavy (non-hydrogen) atoms.